The van der Waals surface area contributed by atoms with Crippen molar-refractivity contribution >= 4 is 17.5 Å². The van der Waals surface area contributed by atoms with Crippen LogP contribution in [0, 0.1) is 10.9 Å². The molecule has 0 saturated heterocycles. The topological polar surface area (TPSA) is 108 Å². The van der Waals surface area contributed by atoms with Gasteiger partial charge in [0.25, 0.3) is 5.62 Å². The Kier molecular flexibility index (Phi) is 2.53. The second-order valence-corrected chi connectivity index (χ2v) is 4.74. The van der Waals surface area contributed by atoms with E-state index in [0.717, 1.165) is 9.69 Å². The minimum atomic E-state index is -0.333. The highest BCUT2D eigenvalue weighted by Gasteiger charge is 2.30. The quantitative estimate of drug-likeness (QED) is 0.544. The first-order valence-electron chi connectivity index (χ1n) is 5.32. The van der Waals surface area contributed by atoms with Crippen molar-refractivity contribution in [1.82, 2.24) is 14.9 Å². The molecule has 1 aromatic carbocycles. The molecule has 0 spiro atoms. The number of carbonyl (C=O) groups excluding carboxylic acids is 1. The van der Waals surface area contributed by atoms with Gasteiger partial charge >= 0.3 is 0 Å². The summed E-state index contributed by atoms with van der Waals surface area (Å²) in [5.74, 6) is -0.240. The highest BCUT2D eigenvalue weighted by molar-refractivity contribution is 7.98. The summed E-state index contributed by atoms with van der Waals surface area (Å²) in [6.45, 7) is 0. The molecule has 1 aliphatic rings. The first-order valence-corrected chi connectivity index (χ1v) is 6.55. The lowest BCUT2D eigenvalue weighted by molar-refractivity contribution is 0.103. The predicted molar refractivity (Wildman–Crippen MR) is 67.1 cm³/mol. The van der Waals surface area contributed by atoms with Crippen molar-refractivity contribution < 1.29 is 4.79 Å². The minimum absolute atomic E-state index is 0.151. The maximum Gasteiger partial charge on any atom is 0.263 e. The lowest BCUT2D eigenvalue weighted by Gasteiger charge is -2.02. The highest BCUT2D eigenvalue weighted by atomic mass is 32.2. The number of nitrogens with one attached hydrogen (secondary N) is 2. The number of aromatic nitrogens is 3. The molecule has 94 valence electrons. The first kappa shape index (κ1) is 11.7. The standard InChI is InChI=1S/C11H8N6OS/c1-19-5-2-3-6-7(4-5)8-9(10(6)18)14-11(12)17(15-8)16-13/h2-4,12-13H,1H3. The number of nitrogens with zero attached hydrogens (tertiary/aromatic N) is 4. The van der Waals surface area contributed by atoms with Crippen LogP contribution in [0.3, 0.4) is 0 Å². The average Bonchev–Trinajstić information content (AvgIpc) is 2.70. The number of ketones is 1. The highest BCUT2D eigenvalue weighted by Crippen LogP contribution is 2.35. The van der Waals surface area contributed by atoms with E-state index in [1.807, 2.05) is 18.4 Å². The summed E-state index contributed by atoms with van der Waals surface area (Å²) >= 11 is 1.56. The molecule has 0 fully saturated rings. The van der Waals surface area contributed by atoms with Crippen LogP contribution in [0.4, 0.5) is 0 Å². The van der Waals surface area contributed by atoms with Gasteiger partial charge < -0.3 is 0 Å². The van der Waals surface area contributed by atoms with Crippen molar-refractivity contribution in [2.75, 3.05) is 6.26 Å². The number of thioether (sulfide) groups is 1. The van der Waals surface area contributed by atoms with Crippen molar-refractivity contribution in [2.24, 2.45) is 5.22 Å². The third-order valence-electron chi connectivity index (χ3n) is 2.86. The number of rotatable bonds is 2. The largest absolute Gasteiger partial charge is 0.287 e. The summed E-state index contributed by atoms with van der Waals surface area (Å²) in [6.07, 6.45) is 1.94. The summed E-state index contributed by atoms with van der Waals surface area (Å²) in [6, 6.07) is 5.45. The molecule has 8 heteroatoms. The monoisotopic (exact) mass is 272 g/mol. The maximum atomic E-state index is 12.2. The van der Waals surface area contributed by atoms with E-state index in [4.69, 9.17) is 10.9 Å². The number of fused-ring (bicyclic) bond motifs is 3. The van der Waals surface area contributed by atoms with Crippen LogP contribution in [-0.4, -0.2) is 26.9 Å². The van der Waals surface area contributed by atoms with Crippen LogP contribution in [0.15, 0.2) is 28.3 Å². The van der Waals surface area contributed by atoms with E-state index in [1.54, 1.807) is 17.8 Å². The SMILES string of the molecule is CSc1ccc2c(c1)-c1nn(N=N)c(=N)nc1C2=O. The van der Waals surface area contributed by atoms with Crippen molar-refractivity contribution in [1.29, 1.82) is 10.9 Å². The summed E-state index contributed by atoms with van der Waals surface area (Å²) < 4.78 is 0. The molecule has 0 saturated carbocycles. The van der Waals surface area contributed by atoms with Crippen LogP contribution in [0.5, 0.6) is 0 Å². The van der Waals surface area contributed by atoms with Crippen LogP contribution in [0.1, 0.15) is 16.1 Å². The summed E-state index contributed by atoms with van der Waals surface area (Å²) in [5, 5.41) is 14.6. The summed E-state index contributed by atoms with van der Waals surface area (Å²) in [7, 11) is 0. The molecule has 2 N–H and O–H groups in total. The van der Waals surface area contributed by atoms with Gasteiger partial charge in [-0.1, -0.05) is 4.79 Å². The molecule has 0 atom stereocenters. The molecule has 0 radical (unpaired) electrons. The van der Waals surface area contributed by atoms with Gasteiger partial charge in [-0.05, 0) is 29.7 Å². The Balaban J connectivity index is 2.34. The smallest absolute Gasteiger partial charge is 0.263 e. The van der Waals surface area contributed by atoms with E-state index in [9.17, 15) is 4.79 Å². The average molecular weight is 272 g/mol. The zero-order valence-electron chi connectivity index (χ0n) is 9.84. The van der Waals surface area contributed by atoms with Gasteiger partial charge in [-0.2, -0.15) is 5.53 Å². The Morgan fingerprint density at radius 2 is 2.11 bits per heavy atom. The molecule has 0 bridgehead atoms. The second-order valence-electron chi connectivity index (χ2n) is 3.86. The molecule has 7 nitrogen and oxygen atoms in total. The molecular weight excluding hydrogens is 264 g/mol. The molecular formula is C11H8N6OS. The van der Waals surface area contributed by atoms with E-state index in [1.165, 1.54) is 0 Å². The molecule has 1 aromatic heterocycles. The van der Waals surface area contributed by atoms with Crippen molar-refractivity contribution in [3.05, 3.63) is 35.1 Å². The molecule has 0 amide bonds. The lowest BCUT2D eigenvalue weighted by Crippen LogP contribution is -2.24. The minimum Gasteiger partial charge on any atom is -0.287 e. The summed E-state index contributed by atoms with van der Waals surface area (Å²) in [4.78, 5) is 17.8. The third-order valence-corrected chi connectivity index (χ3v) is 3.59. The maximum absolute atomic E-state index is 12.2. The molecule has 2 aromatic rings. The van der Waals surface area contributed by atoms with Crippen LogP contribution < -0.4 is 5.62 Å². The normalized spacial score (nSPS) is 12.2. The lowest BCUT2D eigenvalue weighted by atomic mass is 10.1. The van der Waals surface area contributed by atoms with Gasteiger partial charge in [-0.3, -0.25) is 10.2 Å². The molecule has 1 heterocycles. The zero-order valence-corrected chi connectivity index (χ0v) is 10.7. The number of benzene rings is 1. The fourth-order valence-electron chi connectivity index (χ4n) is 1.97. The Hall–Kier alpha value is -2.35. The molecule has 0 unspecified atom stereocenters. The molecule has 1 aliphatic carbocycles. The third kappa shape index (κ3) is 1.60. The Labute approximate surface area is 111 Å². The van der Waals surface area contributed by atoms with Crippen LogP contribution in [0.25, 0.3) is 11.3 Å². The van der Waals surface area contributed by atoms with Crippen molar-refractivity contribution in [2.45, 2.75) is 4.90 Å². The van der Waals surface area contributed by atoms with Gasteiger partial charge in [0.1, 0.15) is 11.4 Å². The Morgan fingerprint density at radius 3 is 2.79 bits per heavy atom. The van der Waals surface area contributed by atoms with E-state index >= 15 is 0 Å². The van der Waals surface area contributed by atoms with Gasteiger partial charge in [-0.25, -0.2) is 4.98 Å². The van der Waals surface area contributed by atoms with Crippen molar-refractivity contribution in [3.8, 4) is 11.3 Å². The molecule has 3 rings (SSSR count). The van der Waals surface area contributed by atoms with E-state index in [-0.39, 0.29) is 17.1 Å². The van der Waals surface area contributed by atoms with Crippen LogP contribution >= 0.6 is 11.8 Å². The van der Waals surface area contributed by atoms with Gasteiger partial charge in [0.2, 0.25) is 5.78 Å². The van der Waals surface area contributed by atoms with Gasteiger partial charge in [0.05, 0.1) is 0 Å². The zero-order chi connectivity index (χ0) is 13.6. The van der Waals surface area contributed by atoms with Gasteiger partial charge in [0, 0.05) is 16.0 Å². The molecule has 0 aliphatic heterocycles. The number of hydrogen-bond donors (Lipinski definition) is 2. The van der Waals surface area contributed by atoms with E-state index in [0.29, 0.717) is 16.8 Å². The Morgan fingerprint density at radius 1 is 1.32 bits per heavy atom. The van der Waals surface area contributed by atoms with E-state index in [2.05, 4.69) is 15.3 Å². The van der Waals surface area contributed by atoms with Crippen molar-refractivity contribution in [3.63, 3.8) is 0 Å². The molecule has 19 heavy (non-hydrogen) atoms. The van der Waals surface area contributed by atoms with Crippen LogP contribution in [0.2, 0.25) is 0 Å². The van der Waals surface area contributed by atoms with Gasteiger partial charge in [0.15, 0.2) is 0 Å². The van der Waals surface area contributed by atoms with Gasteiger partial charge in [-0.15, -0.1) is 16.9 Å². The number of carbonyl (C=O) groups is 1. The number of hydrogen-bond acceptors (Lipinski definition) is 7. The summed E-state index contributed by atoms with van der Waals surface area (Å²) in [5.41, 5.74) is 8.33. The van der Waals surface area contributed by atoms with E-state index < -0.39 is 0 Å². The first-order chi connectivity index (χ1) is 9.15. The van der Waals surface area contributed by atoms with Crippen LogP contribution in [-0.2, 0) is 0 Å². The fraction of sp³-hybridized carbons (Fsp3) is 0.0909. The Bertz CT molecular complexity index is 781. The fourth-order valence-corrected chi connectivity index (χ4v) is 2.41. The second kappa shape index (κ2) is 4.09. The predicted octanol–water partition coefficient (Wildman–Crippen LogP) is 1.48.